The van der Waals surface area contributed by atoms with Gasteiger partial charge >= 0.3 is 0 Å². The third kappa shape index (κ3) is 3.63. The SMILES string of the molecule is CCCc1cccc(C2(O)CCCC(C(C)C)CC2)c1. The van der Waals surface area contributed by atoms with E-state index in [0.717, 1.165) is 55.9 Å². The predicted molar refractivity (Wildman–Crippen MR) is 85.7 cm³/mol. The summed E-state index contributed by atoms with van der Waals surface area (Å²) in [6.07, 6.45) is 7.70. The van der Waals surface area contributed by atoms with Gasteiger partial charge in [-0.15, -0.1) is 0 Å². The minimum Gasteiger partial charge on any atom is -0.385 e. The van der Waals surface area contributed by atoms with E-state index in [1.807, 2.05) is 0 Å². The Morgan fingerprint density at radius 1 is 1.25 bits per heavy atom. The summed E-state index contributed by atoms with van der Waals surface area (Å²) in [5.41, 5.74) is 1.92. The molecule has 1 aliphatic rings. The van der Waals surface area contributed by atoms with Gasteiger partial charge < -0.3 is 5.11 Å². The van der Waals surface area contributed by atoms with E-state index in [1.165, 1.54) is 12.0 Å². The van der Waals surface area contributed by atoms with Gasteiger partial charge in [0, 0.05) is 0 Å². The van der Waals surface area contributed by atoms with Crippen molar-refractivity contribution in [3.63, 3.8) is 0 Å². The van der Waals surface area contributed by atoms with E-state index < -0.39 is 5.60 Å². The second-order valence-corrected chi connectivity index (χ2v) is 6.92. The van der Waals surface area contributed by atoms with Gasteiger partial charge in [0.15, 0.2) is 0 Å². The van der Waals surface area contributed by atoms with Crippen LogP contribution in [0.4, 0.5) is 0 Å². The molecule has 112 valence electrons. The van der Waals surface area contributed by atoms with Gasteiger partial charge in [0.25, 0.3) is 0 Å². The highest BCUT2D eigenvalue weighted by Crippen LogP contribution is 2.40. The van der Waals surface area contributed by atoms with Crippen LogP contribution in [0.15, 0.2) is 24.3 Å². The number of hydrogen-bond donors (Lipinski definition) is 1. The van der Waals surface area contributed by atoms with E-state index in [-0.39, 0.29) is 0 Å². The topological polar surface area (TPSA) is 20.2 Å². The van der Waals surface area contributed by atoms with Crippen molar-refractivity contribution in [3.05, 3.63) is 35.4 Å². The Bertz CT molecular complexity index is 424. The standard InChI is InChI=1S/C19H30O/c1-4-7-16-8-5-10-18(14-16)19(20)12-6-9-17(11-13-19)15(2)3/h5,8,10,14-15,17,20H,4,6-7,9,11-13H2,1-3H3. The van der Waals surface area contributed by atoms with Crippen molar-refractivity contribution in [2.24, 2.45) is 11.8 Å². The Balaban J connectivity index is 2.15. The number of benzene rings is 1. The van der Waals surface area contributed by atoms with Crippen LogP contribution in [0.25, 0.3) is 0 Å². The van der Waals surface area contributed by atoms with Crippen molar-refractivity contribution in [2.75, 3.05) is 0 Å². The van der Waals surface area contributed by atoms with Gasteiger partial charge in [0.1, 0.15) is 0 Å². The van der Waals surface area contributed by atoms with E-state index in [9.17, 15) is 5.11 Å². The van der Waals surface area contributed by atoms with Crippen LogP contribution in [0.3, 0.4) is 0 Å². The van der Waals surface area contributed by atoms with Crippen LogP contribution in [0.2, 0.25) is 0 Å². The molecule has 2 rings (SSSR count). The quantitative estimate of drug-likeness (QED) is 0.761. The molecule has 0 saturated heterocycles. The first-order valence-corrected chi connectivity index (χ1v) is 8.37. The van der Waals surface area contributed by atoms with Crippen molar-refractivity contribution >= 4 is 0 Å². The maximum absolute atomic E-state index is 11.1. The van der Waals surface area contributed by atoms with Crippen LogP contribution in [-0.4, -0.2) is 5.11 Å². The largest absolute Gasteiger partial charge is 0.385 e. The van der Waals surface area contributed by atoms with Gasteiger partial charge in [-0.1, -0.05) is 57.9 Å². The number of aliphatic hydroxyl groups is 1. The maximum Gasteiger partial charge on any atom is 0.0896 e. The molecule has 1 N–H and O–H groups in total. The van der Waals surface area contributed by atoms with Gasteiger partial charge in [0.05, 0.1) is 5.60 Å². The average molecular weight is 274 g/mol. The number of hydrogen-bond acceptors (Lipinski definition) is 1. The maximum atomic E-state index is 11.1. The van der Waals surface area contributed by atoms with Gasteiger partial charge in [-0.25, -0.2) is 0 Å². The predicted octanol–water partition coefficient (Wildman–Crippen LogP) is 5.06. The molecule has 0 bridgehead atoms. The molecule has 1 nitrogen and oxygen atoms in total. The van der Waals surface area contributed by atoms with E-state index in [0.29, 0.717) is 0 Å². The second-order valence-electron chi connectivity index (χ2n) is 6.92. The summed E-state index contributed by atoms with van der Waals surface area (Å²) in [6.45, 7) is 6.84. The summed E-state index contributed by atoms with van der Waals surface area (Å²) in [4.78, 5) is 0. The molecule has 0 aromatic heterocycles. The molecule has 2 unspecified atom stereocenters. The van der Waals surface area contributed by atoms with Gasteiger partial charge in [-0.05, 0) is 55.1 Å². The monoisotopic (exact) mass is 274 g/mol. The highest BCUT2D eigenvalue weighted by molar-refractivity contribution is 5.28. The van der Waals surface area contributed by atoms with Crippen molar-refractivity contribution < 1.29 is 5.11 Å². The molecule has 1 aromatic carbocycles. The minimum absolute atomic E-state index is 0.590. The minimum atomic E-state index is -0.590. The molecule has 2 atom stereocenters. The molecule has 0 radical (unpaired) electrons. The second kappa shape index (κ2) is 6.76. The molecule has 1 aliphatic carbocycles. The number of rotatable bonds is 4. The van der Waals surface area contributed by atoms with Gasteiger partial charge in [-0.2, -0.15) is 0 Å². The Morgan fingerprint density at radius 3 is 2.75 bits per heavy atom. The first-order chi connectivity index (χ1) is 9.55. The molecule has 1 saturated carbocycles. The lowest BCUT2D eigenvalue weighted by molar-refractivity contribution is 0.0190. The van der Waals surface area contributed by atoms with E-state index in [2.05, 4.69) is 45.0 Å². The van der Waals surface area contributed by atoms with E-state index in [1.54, 1.807) is 0 Å². The van der Waals surface area contributed by atoms with Crippen LogP contribution < -0.4 is 0 Å². The lowest BCUT2D eigenvalue weighted by Crippen LogP contribution is -2.25. The Hall–Kier alpha value is -0.820. The molecular formula is C19H30O. The zero-order valence-corrected chi connectivity index (χ0v) is 13.4. The fourth-order valence-electron chi connectivity index (χ4n) is 3.61. The normalized spacial score (nSPS) is 27.6. The van der Waals surface area contributed by atoms with Crippen LogP contribution in [0.1, 0.15) is 70.4 Å². The van der Waals surface area contributed by atoms with Crippen molar-refractivity contribution in [3.8, 4) is 0 Å². The molecule has 0 heterocycles. The van der Waals surface area contributed by atoms with Crippen molar-refractivity contribution in [2.45, 2.75) is 71.3 Å². The van der Waals surface area contributed by atoms with Crippen molar-refractivity contribution in [1.29, 1.82) is 0 Å². The summed E-state index contributed by atoms with van der Waals surface area (Å²) in [5.74, 6) is 1.52. The van der Waals surface area contributed by atoms with E-state index >= 15 is 0 Å². The molecule has 20 heavy (non-hydrogen) atoms. The third-order valence-corrected chi connectivity index (χ3v) is 5.04. The fourth-order valence-corrected chi connectivity index (χ4v) is 3.61. The Kier molecular flexibility index (Phi) is 5.26. The van der Waals surface area contributed by atoms with E-state index in [4.69, 9.17) is 0 Å². The van der Waals surface area contributed by atoms with Crippen LogP contribution >= 0.6 is 0 Å². The number of aryl methyl sites for hydroxylation is 1. The molecule has 0 aliphatic heterocycles. The summed E-state index contributed by atoms with van der Waals surface area (Å²) >= 11 is 0. The zero-order valence-electron chi connectivity index (χ0n) is 13.4. The lowest BCUT2D eigenvalue weighted by Gasteiger charge is -2.28. The van der Waals surface area contributed by atoms with Crippen molar-refractivity contribution in [1.82, 2.24) is 0 Å². The van der Waals surface area contributed by atoms with Crippen LogP contribution in [0.5, 0.6) is 0 Å². The van der Waals surface area contributed by atoms with Crippen LogP contribution in [-0.2, 0) is 12.0 Å². The Labute approximate surface area is 124 Å². The molecule has 1 fully saturated rings. The lowest BCUT2D eigenvalue weighted by atomic mass is 9.84. The summed E-state index contributed by atoms with van der Waals surface area (Å²) in [6, 6.07) is 8.65. The summed E-state index contributed by atoms with van der Waals surface area (Å²) in [7, 11) is 0. The molecule has 1 heteroatoms. The van der Waals surface area contributed by atoms with Gasteiger partial charge in [0.2, 0.25) is 0 Å². The Morgan fingerprint density at radius 2 is 2.05 bits per heavy atom. The smallest absolute Gasteiger partial charge is 0.0896 e. The first kappa shape index (κ1) is 15.6. The first-order valence-electron chi connectivity index (χ1n) is 8.37. The fraction of sp³-hybridized carbons (Fsp3) is 0.684. The molecular weight excluding hydrogens is 244 g/mol. The molecule has 0 amide bonds. The summed E-state index contributed by atoms with van der Waals surface area (Å²) in [5, 5.41) is 11.1. The third-order valence-electron chi connectivity index (χ3n) is 5.04. The molecule has 0 spiro atoms. The zero-order chi connectivity index (χ0) is 14.6. The van der Waals surface area contributed by atoms with Crippen LogP contribution in [0, 0.1) is 11.8 Å². The summed E-state index contributed by atoms with van der Waals surface area (Å²) < 4.78 is 0. The highest BCUT2D eigenvalue weighted by atomic mass is 16.3. The highest BCUT2D eigenvalue weighted by Gasteiger charge is 2.33. The van der Waals surface area contributed by atoms with Gasteiger partial charge in [-0.3, -0.25) is 0 Å². The molecule has 1 aromatic rings. The average Bonchev–Trinajstić information content (AvgIpc) is 2.63.